The predicted molar refractivity (Wildman–Crippen MR) is 112 cm³/mol. The quantitative estimate of drug-likeness (QED) is 0.525. The number of benzene rings is 3. The van der Waals surface area contributed by atoms with Crippen molar-refractivity contribution in [2.75, 3.05) is 0 Å². The molecular weight excluding hydrogens is 420 g/mol. The van der Waals surface area contributed by atoms with Crippen molar-refractivity contribution in [1.82, 2.24) is 0 Å². The Bertz CT molecular complexity index is 1080. The molecule has 3 aromatic rings. The number of rotatable bonds is 6. The number of carboxylic acid groups (broad SMARTS) is 2. The van der Waals surface area contributed by atoms with Crippen molar-refractivity contribution in [3.05, 3.63) is 70.2 Å². The van der Waals surface area contributed by atoms with E-state index >= 15 is 0 Å². The minimum atomic E-state index is -0.875. The predicted octanol–water partition coefficient (Wildman–Crippen LogP) is 5.60. The monoisotopic (exact) mass is 438 g/mol. The van der Waals surface area contributed by atoms with Crippen LogP contribution in [0.15, 0.2) is 59.1 Å². The van der Waals surface area contributed by atoms with Gasteiger partial charge in [-0.25, -0.2) is 0 Å². The molecule has 4 nitrogen and oxygen atoms in total. The summed E-state index contributed by atoms with van der Waals surface area (Å²) in [6, 6.07) is 18.3. The number of carbonyl (C=O) groups is 2. The van der Waals surface area contributed by atoms with Crippen molar-refractivity contribution < 1.29 is 19.8 Å². The second-order valence-electron chi connectivity index (χ2n) is 7.30. The SMILES string of the molecule is O=C(O)CCC1(CCC(=O)O)c2cc(Br)ccc2-c2cc3ccccc3cc21. The fourth-order valence-corrected chi connectivity index (χ4v) is 4.82. The van der Waals surface area contributed by atoms with Crippen LogP contribution in [0.5, 0.6) is 0 Å². The van der Waals surface area contributed by atoms with Crippen LogP contribution in [0.1, 0.15) is 36.8 Å². The van der Waals surface area contributed by atoms with E-state index in [0.717, 1.165) is 37.5 Å². The lowest BCUT2D eigenvalue weighted by Gasteiger charge is -2.32. The molecule has 28 heavy (non-hydrogen) atoms. The smallest absolute Gasteiger partial charge is 0.303 e. The molecule has 0 saturated carbocycles. The number of carboxylic acids is 2. The van der Waals surface area contributed by atoms with Crippen LogP contribution in [0.25, 0.3) is 21.9 Å². The van der Waals surface area contributed by atoms with Gasteiger partial charge in [-0.3, -0.25) is 9.59 Å². The molecule has 142 valence electrons. The summed E-state index contributed by atoms with van der Waals surface area (Å²) in [5.41, 5.74) is 3.53. The van der Waals surface area contributed by atoms with E-state index in [0.29, 0.717) is 12.8 Å². The van der Waals surface area contributed by atoms with E-state index < -0.39 is 17.4 Å². The third-order valence-corrected chi connectivity index (χ3v) is 6.21. The van der Waals surface area contributed by atoms with Gasteiger partial charge in [0.15, 0.2) is 0 Å². The van der Waals surface area contributed by atoms with Crippen molar-refractivity contribution in [2.24, 2.45) is 0 Å². The molecule has 1 aliphatic carbocycles. The molecule has 0 fully saturated rings. The van der Waals surface area contributed by atoms with Crippen LogP contribution in [0.4, 0.5) is 0 Å². The molecule has 1 aliphatic rings. The first-order valence-electron chi connectivity index (χ1n) is 9.18. The zero-order valence-corrected chi connectivity index (χ0v) is 16.7. The van der Waals surface area contributed by atoms with Crippen LogP contribution in [0, 0.1) is 0 Å². The van der Waals surface area contributed by atoms with Gasteiger partial charge in [-0.05, 0) is 70.1 Å². The Morgan fingerprint density at radius 1 is 0.786 bits per heavy atom. The van der Waals surface area contributed by atoms with Crippen LogP contribution in [-0.4, -0.2) is 22.2 Å². The fraction of sp³-hybridized carbons (Fsp3) is 0.217. The standard InChI is InChI=1S/C23H19BrO4/c24-16-5-6-17-18-11-14-3-1-2-4-15(14)12-19(18)23(20(17)13-16,9-7-21(25)26)10-8-22(27)28/h1-6,11-13H,7-10H2,(H,25,26)(H,27,28). The average molecular weight is 439 g/mol. The summed E-state index contributed by atoms with van der Waals surface area (Å²) in [7, 11) is 0. The fourth-order valence-electron chi connectivity index (χ4n) is 4.46. The third kappa shape index (κ3) is 3.10. The second-order valence-corrected chi connectivity index (χ2v) is 8.22. The number of hydrogen-bond acceptors (Lipinski definition) is 2. The third-order valence-electron chi connectivity index (χ3n) is 5.72. The molecule has 0 spiro atoms. The molecule has 0 aliphatic heterocycles. The average Bonchev–Trinajstić information content (AvgIpc) is 2.92. The normalized spacial score (nSPS) is 13.9. The summed E-state index contributed by atoms with van der Waals surface area (Å²) in [5.74, 6) is -1.75. The van der Waals surface area contributed by atoms with Crippen LogP contribution >= 0.6 is 15.9 Å². The Labute approximate surface area is 170 Å². The maximum absolute atomic E-state index is 11.4. The molecule has 0 atom stereocenters. The van der Waals surface area contributed by atoms with Gasteiger partial charge in [-0.2, -0.15) is 0 Å². The zero-order valence-electron chi connectivity index (χ0n) is 15.1. The Morgan fingerprint density at radius 3 is 1.96 bits per heavy atom. The first-order valence-corrected chi connectivity index (χ1v) is 9.97. The summed E-state index contributed by atoms with van der Waals surface area (Å²) in [4.78, 5) is 22.8. The van der Waals surface area contributed by atoms with Gasteiger partial charge in [-0.15, -0.1) is 0 Å². The van der Waals surface area contributed by atoms with Crippen LogP contribution in [0.2, 0.25) is 0 Å². The van der Waals surface area contributed by atoms with E-state index in [2.05, 4.69) is 34.1 Å². The Morgan fingerprint density at radius 2 is 1.36 bits per heavy atom. The number of aliphatic carboxylic acids is 2. The van der Waals surface area contributed by atoms with Crippen molar-refractivity contribution in [3.63, 3.8) is 0 Å². The Kier molecular flexibility index (Phi) is 4.71. The molecule has 0 aromatic heterocycles. The van der Waals surface area contributed by atoms with Crippen LogP contribution in [0.3, 0.4) is 0 Å². The van der Waals surface area contributed by atoms with Gasteiger partial charge in [-0.1, -0.05) is 46.3 Å². The van der Waals surface area contributed by atoms with Gasteiger partial charge in [0.25, 0.3) is 0 Å². The molecule has 2 N–H and O–H groups in total. The highest BCUT2D eigenvalue weighted by Gasteiger charge is 2.43. The maximum Gasteiger partial charge on any atom is 0.303 e. The highest BCUT2D eigenvalue weighted by Crippen LogP contribution is 2.55. The van der Waals surface area contributed by atoms with Crippen molar-refractivity contribution >= 4 is 38.6 Å². The van der Waals surface area contributed by atoms with E-state index in [1.165, 1.54) is 0 Å². The summed E-state index contributed by atoms with van der Waals surface area (Å²) < 4.78 is 0.902. The van der Waals surface area contributed by atoms with E-state index in [4.69, 9.17) is 0 Å². The van der Waals surface area contributed by atoms with E-state index in [-0.39, 0.29) is 12.8 Å². The molecular formula is C23H19BrO4. The Balaban J connectivity index is 2.00. The lowest BCUT2D eigenvalue weighted by atomic mass is 9.71. The van der Waals surface area contributed by atoms with Gasteiger partial charge in [0.05, 0.1) is 0 Å². The summed E-state index contributed by atoms with van der Waals surface area (Å²) >= 11 is 3.53. The lowest BCUT2D eigenvalue weighted by Crippen LogP contribution is -2.27. The maximum atomic E-state index is 11.4. The molecule has 0 saturated heterocycles. The van der Waals surface area contributed by atoms with Crippen LogP contribution in [-0.2, 0) is 15.0 Å². The van der Waals surface area contributed by atoms with E-state index in [1.54, 1.807) is 0 Å². The summed E-state index contributed by atoms with van der Waals surface area (Å²) in [6.07, 6.45) is 0.699. The van der Waals surface area contributed by atoms with Crippen molar-refractivity contribution in [2.45, 2.75) is 31.1 Å². The van der Waals surface area contributed by atoms with Crippen molar-refractivity contribution in [3.8, 4) is 11.1 Å². The molecule has 0 radical (unpaired) electrons. The van der Waals surface area contributed by atoms with Gasteiger partial charge in [0.1, 0.15) is 0 Å². The number of fused-ring (bicyclic) bond motifs is 4. The molecule has 0 unspecified atom stereocenters. The van der Waals surface area contributed by atoms with Gasteiger partial charge >= 0.3 is 11.9 Å². The minimum Gasteiger partial charge on any atom is -0.481 e. The molecule has 0 amide bonds. The highest BCUT2D eigenvalue weighted by molar-refractivity contribution is 9.10. The highest BCUT2D eigenvalue weighted by atomic mass is 79.9. The first-order chi connectivity index (χ1) is 13.4. The molecule has 5 heteroatoms. The molecule has 0 heterocycles. The zero-order chi connectivity index (χ0) is 19.9. The lowest BCUT2D eigenvalue weighted by molar-refractivity contribution is -0.137. The molecule has 3 aromatic carbocycles. The largest absolute Gasteiger partial charge is 0.481 e. The van der Waals surface area contributed by atoms with E-state index in [1.807, 2.05) is 36.4 Å². The van der Waals surface area contributed by atoms with Gasteiger partial charge in [0, 0.05) is 22.7 Å². The molecule has 0 bridgehead atoms. The number of hydrogen-bond donors (Lipinski definition) is 2. The molecule has 4 rings (SSSR count). The first kappa shape index (κ1) is 18.7. The van der Waals surface area contributed by atoms with E-state index in [9.17, 15) is 19.8 Å². The van der Waals surface area contributed by atoms with Gasteiger partial charge < -0.3 is 10.2 Å². The summed E-state index contributed by atoms with van der Waals surface area (Å²) in [6.45, 7) is 0. The van der Waals surface area contributed by atoms with Crippen molar-refractivity contribution in [1.29, 1.82) is 0 Å². The second kappa shape index (κ2) is 7.06. The van der Waals surface area contributed by atoms with Crippen LogP contribution < -0.4 is 0 Å². The van der Waals surface area contributed by atoms with Gasteiger partial charge in [0.2, 0.25) is 0 Å². The topological polar surface area (TPSA) is 74.6 Å². The summed E-state index contributed by atoms with van der Waals surface area (Å²) in [5, 5.41) is 20.9. The number of halogens is 1. The minimum absolute atomic E-state index is 0.0160. The Hall–Kier alpha value is -2.66.